The molecule has 7 heteroatoms. The molecule has 2 heterocycles. The molecule has 0 radical (unpaired) electrons. The van der Waals surface area contributed by atoms with Gasteiger partial charge in [-0.2, -0.15) is 13.2 Å². The van der Waals surface area contributed by atoms with Crippen molar-refractivity contribution in [3.8, 4) is 0 Å². The van der Waals surface area contributed by atoms with E-state index in [4.69, 9.17) is 4.74 Å². The number of hydrogen-bond donors (Lipinski definition) is 1. The summed E-state index contributed by atoms with van der Waals surface area (Å²) in [6, 6.07) is 0.130. The number of nitrogens with zero attached hydrogens (tertiary/aromatic N) is 1. The van der Waals surface area contributed by atoms with Gasteiger partial charge in [0.1, 0.15) is 5.01 Å². The van der Waals surface area contributed by atoms with Crippen LogP contribution in [0.2, 0.25) is 0 Å². The minimum absolute atomic E-state index is 0.130. The summed E-state index contributed by atoms with van der Waals surface area (Å²) in [4.78, 5) is 3.57. The van der Waals surface area contributed by atoms with E-state index in [1.165, 1.54) is 0 Å². The van der Waals surface area contributed by atoms with Crippen molar-refractivity contribution in [3.63, 3.8) is 0 Å². The Hall–Kier alpha value is -0.660. The lowest BCUT2D eigenvalue weighted by Crippen LogP contribution is -2.36. The number of rotatable bonds is 4. The van der Waals surface area contributed by atoms with Gasteiger partial charge in [-0.05, 0) is 19.8 Å². The van der Waals surface area contributed by atoms with Crippen molar-refractivity contribution in [3.05, 3.63) is 16.1 Å². The molecule has 0 bridgehead atoms. The minimum atomic E-state index is -4.35. The monoisotopic (exact) mass is 280 g/mol. The summed E-state index contributed by atoms with van der Waals surface area (Å²) in [6.07, 6.45) is -2.15. The number of alkyl halides is 3. The van der Waals surface area contributed by atoms with Crippen molar-refractivity contribution < 1.29 is 17.9 Å². The highest BCUT2D eigenvalue weighted by atomic mass is 32.1. The first-order valence-corrected chi connectivity index (χ1v) is 6.71. The highest BCUT2D eigenvalue weighted by molar-refractivity contribution is 7.09. The predicted molar refractivity (Wildman–Crippen MR) is 62.4 cm³/mol. The lowest BCUT2D eigenvalue weighted by Gasteiger charge is -2.19. The molecule has 0 aliphatic carbocycles. The Balaban J connectivity index is 1.84. The van der Waals surface area contributed by atoms with E-state index in [1.807, 2.05) is 6.92 Å². The molecule has 1 fully saturated rings. The minimum Gasteiger partial charge on any atom is -0.377 e. The van der Waals surface area contributed by atoms with Gasteiger partial charge in [-0.15, -0.1) is 11.3 Å². The Kier molecular flexibility index (Phi) is 4.24. The van der Waals surface area contributed by atoms with E-state index in [9.17, 15) is 13.2 Å². The van der Waals surface area contributed by atoms with Crippen LogP contribution in [0.15, 0.2) is 5.38 Å². The molecule has 2 rings (SSSR count). The fourth-order valence-electron chi connectivity index (χ4n) is 1.90. The van der Waals surface area contributed by atoms with Crippen LogP contribution in [0.4, 0.5) is 13.2 Å². The topological polar surface area (TPSA) is 34.2 Å². The van der Waals surface area contributed by atoms with Crippen LogP contribution in [0.25, 0.3) is 0 Å². The lowest BCUT2D eigenvalue weighted by atomic mass is 10.1. The number of ether oxygens (including phenoxy) is 1. The summed E-state index contributed by atoms with van der Waals surface area (Å²) >= 11 is 1.03. The third-order valence-corrected chi connectivity index (χ3v) is 3.79. The van der Waals surface area contributed by atoms with Crippen LogP contribution in [0.5, 0.6) is 0 Å². The maximum atomic E-state index is 12.3. The van der Waals surface area contributed by atoms with E-state index in [1.54, 1.807) is 0 Å². The Morgan fingerprint density at radius 3 is 2.94 bits per heavy atom. The first-order valence-electron chi connectivity index (χ1n) is 5.83. The van der Waals surface area contributed by atoms with Gasteiger partial charge in [0.25, 0.3) is 0 Å². The molecule has 1 aromatic heterocycles. The van der Waals surface area contributed by atoms with E-state index in [0.29, 0.717) is 11.6 Å². The van der Waals surface area contributed by atoms with Crippen LogP contribution in [0, 0.1) is 0 Å². The van der Waals surface area contributed by atoms with Crippen LogP contribution in [-0.2, 0) is 17.5 Å². The molecule has 0 spiro atoms. The van der Waals surface area contributed by atoms with Crippen molar-refractivity contribution in [2.45, 2.75) is 44.6 Å². The largest absolute Gasteiger partial charge is 0.434 e. The van der Waals surface area contributed by atoms with Gasteiger partial charge in [0.2, 0.25) is 0 Å². The highest BCUT2D eigenvalue weighted by Gasteiger charge is 2.33. The summed E-state index contributed by atoms with van der Waals surface area (Å²) in [7, 11) is 0. The summed E-state index contributed by atoms with van der Waals surface area (Å²) in [5, 5.41) is 4.66. The molecule has 0 aromatic carbocycles. The zero-order valence-electron chi connectivity index (χ0n) is 9.96. The second kappa shape index (κ2) is 5.54. The molecule has 1 aliphatic rings. The Morgan fingerprint density at radius 2 is 2.39 bits per heavy atom. The number of halogens is 3. The van der Waals surface area contributed by atoms with Crippen molar-refractivity contribution in [1.82, 2.24) is 10.3 Å². The second-order valence-electron chi connectivity index (χ2n) is 4.35. The molecular weight excluding hydrogens is 265 g/mol. The zero-order chi connectivity index (χ0) is 13.2. The summed E-state index contributed by atoms with van der Waals surface area (Å²) in [5.41, 5.74) is -0.811. The smallest absolute Gasteiger partial charge is 0.377 e. The van der Waals surface area contributed by atoms with Crippen LogP contribution in [-0.4, -0.2) is 23.7 Å². The quantitative estimate of drug-likeness (QED) is 0.921. The van der Waals surface area contributed by atoms with Crippen LogP contribution in [0.1, 0.15) is 30.5 Å². The zero-order valence-corrected chi connectivity index (χ0v) is 10.8. The fourth-order valence-corrected chi connectivity index (χ4v) is 2.65. The van der Waals surface area contributed by atoms with Gasteiger partial charge in [-0.1, -0.05) is 0 Å². The molecule has 0 saturated carbocycles. The molecule has 1 aromatic rings. The Bertz CT molecular complexity index is 388. The SMILES string of the molecule is C[C@H](NCc1nc(C(F)(F)F)cs1)[C@H]1CCCO1. The van der Waals surface area contributed by atoms with Gasteiger partial charge in [0, 0.05) is 24.6 Å². The van der Waals surface area contributed by atoms with Crippen molar-refractivity contribution in [2.75, 3.05) is 6.61 Å². The molecule has 2 atom stereocenters. The number of nitrogens with one attached hydrogen (secondary N) is 1. The molecule has 102 valence electrons. The van der Waals surface area contributed by atoms with E-state index in [2.05, 4.69) is 10.3 Å². The molecule has 18 heavy (non-hydrogen) atoms. The third kappa shape index (κ3) is 3.43. The summed E-state index contributed by atoms with van der Waals surface area (Å²) in [5.74, 6) is 0. The molecule has 3 nitrogen and oxygen atoms in total. The van der Waals surface area contributed by atoms with Crippen molar-refractivity contribution in [1.29, 1.82) is 0 Å². The molecule has 0 amide bonds. The third-order valence-electron chi connectivity index (χ3n) is 2.94. The van der Waals surface area contributed by atoms with Gasteiger partial charge < -0.3 is 10.1 Å². The van der Waals surface area contributed by atoms with Gasteiger partial charge in [0.05, 0.1) is 6.10 Å². The maximum absolute atomic E-state index is 12.3. The highest BCUT2D eigenvalue weighted by Crippen LogP contribution is 2.30. The van der Waals surface area contributed by atoms with Gasteiger partial charge >= 0.3 is 6.18 Å². The predicted octanol–water partition coefficient (Wildman–Crippen LogP) is 2.82. The number of thiazole rings is 1. The first-order chi connectivity index (χ1) is 8.47. The van der Waals surface area contributed by atoms with Crippen LogP contribution < -0.4 is 5.32 Å². The average Bonchev–Trinajstić information content (AvgIpc) is 2.96. The van der Waals surface area contributed by atoms with E-state index < -0.39 is 11.9 Å². The molecule has 0 unspecified atom stereocenters. The van der Waals surface area contributed by atoms with E-state index in [0.717, 1.165) is 36.2 Å². The molecule has 1 aliphatic heterocycles. The van der Waals surface area contributed by atoms with Gasteiger partial charge in [0.15, 0.2) is 5.69 Å². The van der Waals surface area contributed by atoms with Crippen molar-refractivity contribution in [2.24, 2.45) is 0 Å². The van der Waals surface area contributed by atoms with E-state index in [-0.39, 0.29) is 12.1 Å². The van der Waals surface area contributed by atoms with Crippen LogP contribution in [0.3, 0.4) is 0 Å². The first kappa shape index (κ1) is 13.8. The Morgan fingerprint density at radius 1 is 1.61 bits per heavy atom. The molecule has 1 saturated heterocycles. The average molecular weight is 280 g/mol. The van der Waals surface area contributed by atoms with Gasteiger partial charge in [-0.25, -0.2) is 4.98 Å². The molecule has 1 N–H and O–H groups in total. The lowest BCUT2D eigenvalue weighted by molar-refractivity contribution is -0.140. The summed E-state index contributed by atoms with van der Waals surface area (Å²) in [6.45, 7) is 3.10. The fraction of sp³-hybridized carbons (Fsp3) is 0.727. The van der Waals surface area contributed by atoms with Crippen LogP contribution >= 0.6 is 11.3 Å². The summed E-state index contributed by atoms with van der Waals surface area (Å²) < 4.78 is 42.6. The maximum Gasteiger partial charge on any atom is 0.434 e. The molecular formula is C11H15F3N2OS. The normalized spacial score (nSPS) is 22.3. The van der Waals surface area contributed by atoms with Gasteiger partial charge in [-0.3, -0.25) is 0 Å². The second-order valence-corrected chi connectivity index (χ2v) is 5.29. The standard InChI is InChI=1S/C11H15F3N2OS/c1-7(8-3-2-4-17-8)15-5-10-16-9(6-18-10)11(12,13)14/h6-8,15H,2-5H2,1H3/t7-,8+/m0/s1. The number of aromatic nitrogens is 1. The number of hydrogen-bond acceptors (Lipinski definition) is 4. The van der Waals surface area contributed by atoms with Crippen molar-refractivity contribution >= 4 is 11.3 Å². The Labute approximate surface area is 107 Å². The van der Waals surface area contributed by atoms with E-state index >= 15 is 0 Å².